The number of esters is 1. The van der Waals surface area contributed by atoms with Gasteiger partial charge in [-0.1, -0.05) is 41.4 Å². The van der Waals surface area contributed by atoms with Gasteiger partial charge >= 0.3 is 5.97 Å². The van der Waals surface area contributed by atoms with Gasteiger partial charge in [0, 0.05) is 18.0 Å². The summed E-state index contributed by atoms with van der Waals surface area (Å²) in [6, 6.07) is 11.6. The number of ether oxygens (including phenoxy) is 1. The van der Waals surface area contributed by atoms with Crippen molar-refractivity contribution in [3.05, 3.63) is 80.0 Å². The van der Waals surface area contributed by atoms with E-state index in [0.29, 0.717) is 28.3 Å². The van der Waals surface area contributed by atoms with E-state index in [1.807, 2.05) is 0 Å². The van der Waals surface area contributed by atoms with E-state index in [1.54, 1.807) is 48.4 Å². The number of phenolic OH excluding ortho intramolecular Hbond substituents is 1. The van der Waals surface area contributed by atoms with E-state index in [4.69, 9.17) is 27.9 Å². The zero-order valence-corrected chi connectivity index (χ0v) is 23.2. The normalized spacial score (nSPS) is 13.3. The predicted molar refractivity (Wildman–Crippen MR) is 146 cm³/mol. The zero-order valence-electron chi connectivity index (χ0n) is 20.0. The van der Waals surface area contributed by atoms with Crippen LogP contribution in [-0.2, 0) is 20.5 Å². The largest absolute Gasteiger partial charge is 0.508 e. The third kappa shape index (κ3) is 7.58. The lowest BCUT2D eigenvalue weighted by Crippen LogP contribution is -2.49. The van der Waals surface area contributed by atoms with Crippen LogP contribution >= 0.6 is 41.7 Å². The number of carbonyl (C=O) groups excluding carboxylic acids is 3. The topological polar surface area (TPSA) is 122 Å². The van der Waals surface area contributed by atoms with Gasteiger partial charge < -0.3 is 25.0 Å². The van der Waals surface area contributed by atoms with E-state index in [2.05, 4.69) is 10.6 Å². The summed E-state index contributed by atoms with van der Waals surface area (Å²) in [7, 11) is -1.61. The van der Waals surface area contributed by atoms with Crippen molar-refractivity contribution in [3.8, 4) is 5.75 Å². The van der Waals surface area contributed by atoms with Crippen LogP contribution in [-0.4, -0.2) is 55.4 Å². The van der Waals surface area contributed by atoms with E-state index in [1.165, 1.54) is 30.6 Å². The first kappa shape index (κ1) is 28.7. The van der Waals surface area contributed by atoms with Gasteiger partial charge in [0.2, 0.25) is 0 Å². The second kappa shape index (κ2) is 12.6. The first-order valence-electron chi connectivity index (χ1n) is 11.1. The molecular formula is C25H25Cl2N2O6PS. The smallest absolute Gasteiger partial charge is 0.330 e. The lowest BCUT2D eigenvalue weighted by Gasteiger charge is -2.18. The van der Waals surface area contributed by atoms with Gasteiger partial charge in [-0.15, -0.1) is 11.3 Å². The number of thiophene rings is 1. The second-order valence-electron chi connectivity index (χ2n) is 8.27. The van der Waals surface area contributed by atoms with Crippen molar-refractivity contribution in [1.82, 2.24) is 10.6 Å². The highest BCUT2D eigenvalue weighted by molar-refractivity contribution is 7.70. The molecule has 2 aromatic carbocycles. The van der Waals surface area contributed by atoms with Gasteiger partial charge in [0.15, 0.2) is 0 Å². The highest BCUT2D eigenvalue weighted by Crippen LogP contribution is 2.41. The van der Waals surface area contributed by atoms with Gasteiger partial charge in [0.05, 0.1) is 27.6 Å². The standard InChI is InChI=1S/C25H25Cl2N2O6PS/c1-35-25(33)20(14-28-23(31)21-7-4-10-37-21)29-24(32)22-18(26)11-15(12-19(22)27)8-9-36(2,34)17-6-3-5-16(30)13-17/h3-7,10-13,20,30H,8-9,14H2,1-2H3,(H,28,31)(H,29,32)/t20-,36?/m0/s1. The molecule has 196 valence electrons. The van der Waals surface area contributed by atoms with Crippen LogP contribution in [0, 0.1) is 0 Å². The molecule has 1 heterocycles. The lowest BCUT2D eigenvalue weighted by molar-refractivity contribution is -0.142. The van der Waals surface area contributed by atoms with Crippen molar-refractivity contribution >= 4 is 64.8 Å². The fourth-order valence-corrected chi connectivity index (χ4v) is 6.60. The summed E-state index contributed by atoms with van der Waals surface area (Å²) in [6.45, 7) is 1.43. The number of hydrogen-bond acceptors (Lipinski definition) is 7. The molecule has 37 heavy (non-hydrogen) atoms. The number of rotatable bonds is 10. The van der Waals surface area contributed by atoms with Crippen molar-refractivity contribution < 1.29 is 28.8 Å². The molecule has 1 unspecified atom stereocenters. The van der Waals surface area contributed by atoms with Gasteiger partial charge in [-0.3, -0.25) is 9.59 Å². The first-order valence-corrected chi connectivity index (χ1v) is 15.0. The Bertz CT molecular complexity index is 1330. The Kier molecular flexibility index (Phi) is 9.79. The molecule has 0 fully saturated rings. The number of phenols is 1. The van der Waals surface area contributed by atoms with Crippen LogP contribution in [0.5, 0.6) is 5.75 Å². The average molecular weight is 583 g/mol. The van der Waals surface area contributed by atoms with Gasteiger partial charge in [0.1, 0.15) is 18.9 Å². The summed E-state index contributed by atoms with van der Waals surface area (Å²) in [5.41, 5.74) is 0.625. The Labute approximate surface area is 228 Å². The van der Waals surface area contributed by atoms with Gasteiger partial charge in [0.25, 0.3) is 11.8 Å². The van der Waals surface area contributed by atoms with Crippen LogP contribution in [0.15, 0.2) is 53.9 Å². The molecule has 0 radical (unpaired) electrons. The molecule has 3 N–H and O–H groups in total. The zero-order chi connectivity index (χ0) is 27.2. The van der Waals surface area contributed by atoms with Crippen LogP contribution in [0.4, 0.5) is 0 Å². The number of hydrogen-bond donors (Lipinski definition) is 3. The fourth-order valence-electron chi connectivity index (χ4n) is 3.50. The minimum Gasteiger partial charge on any atom is -0.508 e. The first-order chi connectivity index (χ1) is 17.5. The van der Waals surface area contributed by atoms with Crippen molar-refractivity contribution in [2.75, 3.05) is 26.5 Å². The van der Waals surface area contributed by atoms with Gasteiger partial charge in [-0.2, -0.15) is 0 Å². The number of carbonyl (C=O) groups is 3. The summed E-state index contributed by atoms with van der Waals surface area (Å²) in [5, 5.41) is 17.2. The van der Waals surface area contributed by atoms with Crippen molar-refractivity contribution in [2.24, 2.45) is 0 Å². The molecule has 0 saturated heterocycles. The Morgan fingerprint density at radius 1 is 1.08 bits per heavy atom. The molecule has 0 spiro atoms. The third-order valence-corrected chi connectivity index (χ3v) is 9.45. The molecule has 0 aliphatic heterocycles. The molecule has 2 atom stereocenters. The maximum absolute atomic E-state index is 13.2. The highest BCUT2D eigenvalue weighted by Gasteiger charge is 2.26. The second-order valence-corrected chi connectivity index (χ2v) is 13.2. The Balaban J connectivity index is 1.70. The minimum absolute atomic E-state index is 0.0392. The summed E-state index contributed by atoms with van der Waals surface area (Å²) < 4.78 is 17.9. The summed E-state index contributed by atoms with van der Waals surface area (Å²) in [6.07, 6.45) is 0.660. The highest BCUT2D eigenvalue weighted by atomic mass is 35.5. The van der Waals surface area contributed by atoms with E-state index in [-0.39, 0.29) is 27.9 Å². The summed E-state index contributed by atoms with van der Waals surface area (Å²) >= 11 is 14.0. The number of halogens is 2. The predicted octanol–water partition coefficient (Wildman–Crippen LogP) is 4.32. The molecule has 0 aliphatic rings. The van der Waals surface area contributed by atoms with Crippen LogP contribution in [0.1, 0.15) is 25.6 Å². The third-order valence-electron chi connectivity index (χ3n) is 5.53. The van der Waals surface area contributed by atoms with Crippen LogP contribution < -0.4 is 15.9 Å². The van der Waals surface area contributed by atoms with Crippen LogP contribution in [0.2, 0.25) is 10.0 Å². The SMILES string of the molecule is COC(=O)[C@H](CNC(=O)c1cccs1)NC(=O)c1c(Cl)cc(CCP(C)(=O)c2cccc(O)c2)cc1Cl. The van der Waals surface area contributed by atoms with Crippen LogP contribution in [0.25, 0.3) is 0 Å². The minimum atomic E-state index is -2.78. The van der Waals surface area contributed by atoms with Crippen LogP contribution in [0.3, 0.4) is 0 Å². The molecule has 0 saturated carbocycles. The van der Waals surface area contributed by atoms with E-state index < -0.39 is 31.0 Å². The molecule has 12 heteroatoms. The van der Waals surface area contributed by atoms with E-state index >= 15 is 0 Å². The Morgan fingerprint density at radius 3 is 2.38 bits per heavy atom. The summed E-state index contributed by atoms with van der Waals surface area (Å²) in [4.78, 5) is 37.9. The number of methoxy groups -OCH3 is 1. The van der Waals surface area contributed by atoms with Gasteiger partial charge in [-0.25, -0.2) is 4.79 Å². The molecule has 0 bridgehead atoms. The lowest BCUT2D eigenvalue weighted by atomic mass is 10.1. The molecule has 1 aromatic heterocycles. The molecule has 0 aliphatic carbocycles. The fraction of sp³-hybridized carbons (Fsp3) is 0.240. The van der Waals surface area contributed by atoms with E-state index in [0.717, 1.165) is 0 Å². The van der Waals surface area contributed by atoms with E-state index in [9.17, 15) is 24.1 Å². The number of amides is 2. The van der Waals surface area contributed by atoms with Crippen molar-refractivity contribution in [3.63, 3.8) is 0 Å². The number of benzene rings is 2. The number of nitrogens with one attached hydrogen (secondary N) is 2. The Morgan fingerprint density at radius 2 is 1.78 bits per heavy atom. The average Bonchev–Trinajstić information content (AvgIpc) is 3.39. The summed E-state index contributed by atoms with van der Waals surface area (Å²) in [5.74, 6) is -1.83. The Hall–Kier alpha value is -2.84. The van der Waals surface area contributed by atoms with Gasteiger partial charge in [-0.05, 0) is 54.4 Å². The quantitative estimate of drug-likeness (QED) is 0.242. The van der Waals surface area contributed by atoms with Crippen molar-refractivity contribution in [1.29, 1.82) is 0 Å². The molecule has 8 nitrogen and oxygen atoms in total. The maximum Gasteiger partial charge on any atom is 0.330 e. The molecule has 3 aromatic rings. The number of aromatic hydroxyl groups is 1. The monoisotopic (exact) mass is 582 g/mol. The molecular weight excluding hydrogens is 558 g/mol. The van der Waals surface area contributed by atoms with Crippen molar-refractivity contribution in [2.45, 2.75) is 12.5 Å². The number of aryl methyl sites for hydroxylation is 1. The molecule has 3 rings (SSSR count). The molecule has 2 amide bonds. The maximum atomic E-state index is 13.2.